The van der Waals surface area contributed by atoms with Gasteiger partial charge < -0.3 is 9.15 Å². The average Bonchev–Trinajstić information content (AvgIpc) is 2.81. The Morgan fingerprint density at radius 3 is 2.74 bits per heavy atom. The van der Waals surface area contributed by atoms with Gasteiger partial charge in [0.25, 0.3) is 0 Å². The van der Waals surface area contributed by atoms with Gasteiger partial charge in [0.15, 0.2) is 0 Å². The smallest absolute Gasteiger partial charge is 0.146 e. The Kier molecular flexibility index (Phi) is 2.95. The highest BCUT2D eigenvalue weighted by atomic mass is 19.1. The summed E-state index contributed by atoms with van der Waals surface area (Å²) in [4.78, 5) is 0. The van der Waals surface area contributed by atoms with E-state index in [4.69, 9.17) is 9.15 Å². The van der Waals surface area contributed by atoms with Crippen molar-refractivity contribution in [2.75, 3.05) is 0 Å². The number of ether oxygens (including phenoxy) is 1. The second kappa shape index (κ2) is 4.76. The zero-order chi connectivity index (χ0) is 13.2. The number of fused-ring (bicyclic) bond motifs is 1. The van der Waals surface area contributed by atoms with E-state index in [0.29, 0.717) is 16.7 Å². The van der Waals surface area contributed by atoms with E-state index in [9.17, 15) is 4.39 Å². The van der Waals surface area contributed by atoms with Gasteiger partial charge in [-0.3, -0.25) is 0 Å². The van der Waals surface area contributed by atoms with Crippen LogP contribution in [-0.4, -0.2) is 0 Å². The van der Waals surface area contributed by atoms with Crippen molar-refractivity contribution in [2.24, 2.45) is 0 Å². The molecule has 1 heterocycles. The summed E-state index contributed by atoms with van der Waals surface area (Å²) in [6.45, 7) is 2.29. The molecule has 0 spiro atoms. The van der Waals surface area contributed by atoms with Crippen molar-refractivity contribution in [2.45, 2.75) is 13.5 Å². The maximum absolute atomic E-state index is 13.5. The highest BCUT2D eigenvalue weighted by Gasteiger charge is 2.08. The van der Waals surface area contributed by atoms with Gasteiger partial charge in [0.2, 0.25) is 0 Å². The molecule has 1 aromatic heterocycles. The van der Waals surface area contributed by atoms with Gasteiger partial charge >= 0.3 is 0 Å². The number of furan rings is 1. The van der Waals surface area contributed by atoms with Gasteiger partial charge in [-0.05, 0) is 42.8 Å². The van der Waals surface area contributed by atoms with Crippen LogP contribution in [0.3, 0.4) is 0 Å². The largest absolute Gasteiger partial charge is 0.486 e. The van der Waals surface area contributed by atoms with Crippen molar-refractivity contribution in [1.29, 1.82) is 0 Å². The summed E-state index contributed by atoms with van der Waals surface area (Å²) in [6, 6.07) is 14.2. The summed E-state index contributed by atoms with van der Waals surface area (Å²) in [5, 5.41) is 0.491. The van der Waals surface area contributed by atoms with Crippen molar-refractivity contribution >= 4 is 11.0 Å². The minimum atomic E-state index is -0.275. The van der Waals surface area contributed by atoms with E-state index in [2.05, 4.69) is 0 Å². The lowest BCUT2D eigenvalue weighted by molar-refractivity contribution is 0.274. The molecule has 0 aliphatic heterocycles. The monoisotopic (exact) mass is 256 g/mol. The number of aryl methyl sites for hydroxylation is 1. The molecule has 0 unspecified atom stereocenters. The summed E-state index contributed by atoms with van der Waals surface area (Å²) in [5.74, 6) is 1.12. The number of hydrogen-bond donors (Lipinski definition) is 0. The molecular formula is C16H13FO2. The standard InChI is InChI=1S/C16H13FO2/c1-11-4-2-5-12(8-11)18-10-13-9-14-15(17)6-3-7-16(14)19-13/h2-9H,10H2,1H3. The molecule has 0 saturated carbocycles. The first-order valence-corrected chi connectivity index (χ1v) is 6.09. The van der Waals surface area contributed by atoms with E-state index in [-0.39, 0.29) is 12.4 Å². The van der Waals surface area contributed by atoms with Crippen LogP contribution < -0.4 is 4.74 Å². The molecule has 0 amide bonds. The van der Waals surface area contributed by atoms with Crippen LogP contribution in [0.1, 0.15) is 11.3 Å². The molecule has 0 fully saturated rings. The number of benzene rings is 2. The van der Waals surface area contributed by atoms with Gasteiger partial charge in [0.05, 0.1) is 5.39 Å². The molecule has 0 atom stereocenters. The first-order valence-electron chi connectivity index (χ1n) is 6.09. The molecule has 2 aromatic carbocycles. The van der Waals surface area contributed by atoms with Crippen LogP contribution in [0.5, 0.6) is 5.75 Å². The molecule has 0 radical (unpaired) electrons. The SMILES string of the molecule is Cc1cccc(OCc2cc3c(F)cccc3o2)c1. The maximum Gasteiger partial charge on any atom is 0.146 e. The fourth-order valence-electron chi connectivity index (χ4n) is 2.01. The lowest BCUT2D eigenvalue weighted by Gasteiger charge is -2.04. The zero-order valence-electron chi connectivity index (χ0n) is 10.5. The van der Waals surface area contributed by atoms with Crippen molar-refractivity contribution in [3.05, 3.63) is 65.7 Å². The van der Waals surface area contributed by atoms with E-state index >= 15 is 0 Å². The maximum atomic E-state index is 13.5. The molecule has 0 N–H and O–H groups in total. The molecule has 3 aromatic rings. The van der Waals surface area contributed by atoms with Crippen molar-refractivity contribution in [1.82, 2.24) is 0 Å². The Balaban J connectivity index is 1.80. The van der Waals surface area contributed by atoms with Crippen LogP contribution in [-0.2, 0) is 6.61 Å². The summed E-state index contributed by atoms with van der Waals surface area (Å²) in [7, 11) is 0. The minimum Gasteiger partial charge on any atom is -0.486 e. The molecule has 3 heteroatoms. The molecule has 0 saturated heterocycles. The second-order valence-electron chi connectivity index (χ2n) is 4.47. The third kappa shape index (κ3) is 2.45. The number of rotatable bonds is 3. The van der Waals surface area contributed by atoms with Crippen LogP contribution in [0.25, 0.3) is 11.0 Å². The molecule has 19 heavy (non-hydrogen) atoms. The Hall–Kier alpha value is -2.29. The third-order valence-electron chi connectivity index (χ3n) is 2.93. The van der Waals surface area contributed by atoms with Crippen LogP contribution in [0.2, 0.25) is 0 Å². The van der Waals surface area contributed by atoms with Gasteiger partial charge in [-0.25, -0.2) is 4.39 Å². The lowest BCUT2D eigenvalue weighted by Crippen LogP contribution is -1.93. The van der Waals surface area contributed by atoms with Crippen molar-refractivity contribution in [3.63, 3.8) is 0 Å². The van der Waals surface area contributed by atoms with Gasteiger partial charge in [-0.1, -0.05) is 18.2 Å². The van der Waals surface area contributed by atoms with E-state index in [1.54, 1.807) is 18.2 Å². The van der Waals surface area contributed by atoms with E-state index < -0.39 is 0 Å². The second-order valence-corrected chi connectivity index (χ2v) is 4.47. The molecule has 0 bridgehead atoms. The first-order chi connectivity index (χ1) is 9.22. The van der Waals surface area contributed by atoms with E-state index in [1.165, 1.54) is 6.07 Å². The molecule has 2 nitrogen and oxygen atoms in total. The van der Waals surface area contributed by atoms with Gasteiger partial charge in [-0.2, -0.15) is 0 Å². The van der Waals surface area contributed by atoms with Gasteiger partial charge in [0.1, 0.15) is 29.5 Å². The predicted octanol–water partition coefficient (Wildman–Crippen LogP) is 4.46. The van der Waals surface area contributed by atoms with Crippen molar-refractivity contribution < 1.29 is 13.5 Å². The normalized spacial score (nSPS) is 10.8. The van der Waals surface area contributed by atoms with E-state index in [1.807, 2.05) is 31.2 Å². The number of halogens is 1. The fraction of sp³-hybridized carbons (Fsp3) is 0.125. The molecule has 96 valence electrons. The lowest BCUT2D eigenvalue weighted by atomic mass is 10.2. The van der Waals surface area contributed by atoms with E-state index in [0.717, 1.165) is 11.3 Å². The summed E-state index contributed by atoms with van der Waals surface area (Å²) in [5.41, 5.74) is 1.68. The number of hydrogen-bond acceptors (Lipinski definition) is 2. The molecular weight excluding hydrogens is 243 g/mol. The molecule has 0 aliphatic carbocycles. The molecule has 3 rings (SSSR count). The Labute approximate surface area is 110 Å². The minimum absolute atomic E-state index is 0.275. The van der Waals surface area contributed by atoms with Crippen LogP contribution in [0.4, 0.5) is 4.39 Å². The molecule has 0 aliphatic rings. The van der Waals surface area contributed by atoms with Crippen LogP contribution in [0, 0.1) is 12.7 Å². The topological polar surface area (TPSA) is 22.4 Å². The summed E-state index contributed by atoms with van der Waals surface area (Å²) >= 11 is 0. The predicted molar refractivity (Wildman–Crippen MR) is 71.7 cm³/mol. The van der Waals surface area contributed by atoms with Crippen LogP contribution in [0.15, 0.2) is 52.9 Å². The fourth-order valence-corrected chi connectivity index (χ4v) is 2.01. The third-order valence-corrected chi connectivity index (χ3v) is 2.93. The highest BCUT2D eigenvalue weighted by molar-refractivity contribution is 5.78. The summed E-state index contributed by atoms with van der Waals surface area (Å²) < 4.78 is 24.7. The van der Waals surface area contributed by atoms with Gasteiger partial charge in [0, 0.05) is 0 Å². The van der Waals surface area contributed by atoms with Gasteiger partial charge in [-0.15, -0.1) is 0 Å². The Bertz CT molecular complexity index is 716. The Morgan fingerprint density at radius 2 is 1.95 bits per heavy atom. The first kappa shape index (κ1) is 11.8. The summed E-state index contributed by atoms with van der Waals surface area (Å²) in [6.07, 6.45) is 0. The Morgan fingerprint density at radius 1 is 1.11 bits per heavy atom. The van der Waals surface area contributed by atoms with Crippen LogP contribution >= 0.6 is 0 Å². The zero-order valence-corrected chi connectivity index (χ0v) is 10.5. The quantitative estimate of drug-likeness (QED) is 0.690. The average molecular weight is 256 g/mol. The van der Waals surface area contributed by atoms with Crippen molar-refractivity contribution in [3.8, 4) is 5.75 Å². The highest BCUT2D eigenvalue weighted by Crippen LogP contribution is 2.23.